The molecule has 7 heavy (non-hydrogen) atoms. The molecule has 0 rings (SSSR count). The highest BCUT2D eigenvalue weighted by molar-refractivity contribution is 6.29. The molecule has 0 spiro atoms. The normalized spacial score (nSPS) is 12.1. The second-order valence-corrected chi connectivity index (χ2v) is 1.75. The molecule has 0 bridgehead atoms. The lowest BCUT2D eigenvalue weighted by atomic mass is 10.4. The first-order chi connectivity index (χ1) is 3.31. The van der Waals surface area contributed by atoms with Crippen LogP contribution in [0.5, 0.6) is 0 Å². The highest BCUT2D eigenvalue weighted by Crippen LogP contribution is 1.97. The van der Waals surface area contributed by atoms with Gasteiger partial charge in [0.05, 0.1) is 0 Å². The highest BCUT2D eigenvalue weighted by atomic mass is 35.5. The summed E-state index contributed by atoms with van der Waals surface area (Å²) in [6.45, 7) is 2.49. The first kappa shape index (κ1) is 6.99. The minimum absolute atomic E-state index is 0.468. The van der Waals surface area contributed by atoms with Crippen molar-refractivity contribution in [1.29, 1.82) is 0 Å². The van der Waals surface area contributed by atoms with Gasteiger partial charge in [-0.2, -0.15) is 0 Å². The van der Waals surface area contributed by atoms with E-state index in [9.17, 15) is 0 Å². The van der Waals surface area contributed by atoms with Gasteiger partial charge in [0, 0.05) is 11.6 Å². The molecule has 0 saturated heterocycles. The summed E-state index contributed by atoms with van der Waals surface area (Å²) in [6, 6.07) is 0. The van der Waals surface area contributed by atoms with E-state index >= 15 is 0 Å². The first-order valence-corrected chi connectivity index (χ1v) is 2.73. The summed E-state index contributed by atoms with van der Waals surface area (Å²) in [5.41, 5.74) is 5.16. The Bertz CT molecular complexity index is 68.5. The molecular formula is C5H10ClN. The second-order valence-electron chi connectivity index (χ2n) is 1.26. The molecule has 0 unspecified atom stereocenters. The number of rotatable bonds is 2. The molecule has 0 atom stereocenters. The summed E-state index contributed by atoms with van der Waals surface area (Å²) in [6.07, 6.45) is 2.87. The average Bonchev–Trinajstić information content (AvgIpc) is 1.68. The fourth-order valence-corrected chi connectivity index (χ4v) is 0.459. The Morgan fingerprint density at radius 3 is 2.57 bits per heavy atom. The summed E-state index contributed by atoms with van der Waals surface area (Å²) in [5.74, 6) is 0. The molecule has 2 heteroatoms. The monoisotopic (exact) mass is 119 g/mol. The highest BCUT2D eigenvalue weighted by Gasteiger charge is 1.80. The van der Waals surface area contributed by atoms with Crippen LogP contribution in [-0.4, -0.2) is 6.54 Å². The lowest BCUT2D eigenvalue weighted by Gasteiger charge is -1.85. The summed E-state index contributed by atoms with van der Waals surface area (Å²) >= 11 is 5.50. The Kier molecular flexibility index (Phi) is 4.15. The van der Waals surface area contributed by atoms with Gasteiger partial charge in [0.15, 0.2) is 0 Å². The number of hydrogen-bond acceptors (Lipinski definition) is 1. The molecule has 0 aliphatic heterocycles. The SMILES string of the molecule is CC/C=C(\Cl)CN. The summed E-state index contributed by atoms with van der Waals surface area (Å²) in [5, 5.41) is 0.752. The zero-order chi connectivity index (χ0) is 5.70. The maximum atomic E-state index is 5.50. The van der Waals surface area contributed by atoms with E-state index in [2.05, 4.69) is 0 Å². The largest absolute Gasteiger partial charge is 0.326 e. The maximum absolute atomic E-state index is 5.50. The minimum atomic E-state index is 0.468. The van der Waals surface area contributed by atoms with Gasteiger partial charge in [0.2, 0.25) is 0 Å². The summed E-state index contributed by atoms with van der Waals surface area (Å²) < 4.78 is 0. The molecule has 0 saturated carbocycles. The Labute approximate surface area is 49.2 Å². The molecule has 0 radical (unpaired) electrons. The molecule has 2 N–H and O–H groups in total. The zero-order valence-electron chi connectivity index (χ0n) is 4.45. The minimum Gasteiger partial charge on any atom is -0.326 e. The zero-order valence-corrected chi connectivity index (χ0v) is 5.20. The molecular weight excluding hydrogens is 110 g/mol. The molecule has 42 valence electrons. The fraction of sp³-hybridized carbons (Fsp3) is 0.600. The van der Waals surface area contributed by atoms with Gasteiger partial charge in [0.1, 0.15) is 0 Å². The predicted molar refractivity (Wildman–Crippen MR) is 33.3 cm³/mol. The van der Waals surface area contributed by atoms with Crippen molar-refractivity contribution in [3.8, 4) is 0 Å². The second kappa shape index (κ2) is 4.16. The molecule has 0 aromatic heterocycles. The van der Waals surface area contributed by atoms with Crippen LogP contribution in [0.4, 0.5) is 0 Å². The van der Waals surface area contributed by atoms with E-state index in [0.29, 0.717) is 6.54 Å². The van der Waals surface area contributed by atoms with Crippen molar-refractivity contribution in [1.82, 2.24) is 0 Å². The van der Waals surface area contributed by atoms with Crippen molar-refractivity contribution in [2.75, 3.05) is 6.54 Å². The van der Waals surface area contributed by atoms with Crippen LogP contribution < -0.4 is 5.73 Å². The van der Waals surface area contributed by atoms with Crippen LogP contribution in [0.2, 0.25) is 0 Å². The van der Waals surface area contributed by atoms with Crippen molar-refractivity contribution in [3.05, 3.63) is 11.1 Å². The average molecular weight is 120 g/mol. The Hall–Kier alpha value is -0.0100. The van der Waals surface area contributed by atoms with E-state index in [4.69, 9.17) is 17.3 Å². The predicted octanol–water partition coefficient (Wildman–Crippen LogP) is 1.48. The van der Waals surface area contributed by atoms with Gasteiger partial charge < -0.3 is 5.73 Å². The molecule has 0 heterocycles. The van der Waals surface area contributed by atoms with Crippen LogP contribution in [0.25, 0.3) is 0 Å². The van der Waals surface area contributed by atoms with Crippen LogP contribution in [0, 0.1) is 0 Å². The maximum Gasteiger partial charge on any atom is 0.0284 e. The first-order valence-electron chi connectivity index (χ1n) is 2.35. The molecule has 0 aromatic rings. The topological polar surface area (TPSA) is 26.0 Å². The number of nitrogens with two attached hydrogens (primary N) is 1. The van der Waals surface area contributed by atoms with Gasteiger partial charge in [-0.3, -0.25) is 0 Å². The van der Waals surface area contributed by atoms with Crippen molar-refractivity contribution < 1.29 is 0 Å². The Balaban J connectivity index is 3.29. The van der Waals surface area contributed by atoms with Crippen molar-refractivity contribution >= 4 is 11.6 Å². The van der Waals surface area contributed by atoms with Crippen LogP contribution in [0.15, 0.2) is 11.1 Å². The van der Waals surface area contributed by atoms with Crippen LogP contribution in [0.1, 0.15) is 13.3 Å². The molecule has 1 nitrogen and oxygen atoms in total. The molecule has 0 amide bonds. The Morgan fingerprint density at radius 1 is 1.86 bits per heavy atom. The van der Waals surface area contributed by atoms with Crippen LogP contribution >= 0.6 is 11.6 Å². The third kappa shape index (κ3) is 3.83. The van der Waals surface area contributed by atoms with E-state index in [1.54, 1.807) is 0 Å². The van der Waals surface area contributed by atoms with Gasteiger partial charge in [-0.05, 0) is 6.42 Å². The third-order valence-electron chi connectivity index (χ3n) is 0.621. The number of halogens is 1. The van der Waals surface area contributed by atoms with Crippen molar-refractivity contribution in [2.45, 2.75) is 13.3 Å². The molecule has 0 aliphatic rings. The number of hydrogen-bond donors (Lipinski definition) is 1. The van der Waals surface area contributed by atoms with Gasteiger partial charge in [-0.15, -0.1) is 0 Å². The van der Waals surface area contributed by atoms with Gasteiger partial charge in [-0.25, -0.2) is 0 Å². The Morgan fingerprint density at radius 2 is 2.43 bits per heavy atom. The van der Waals surface area contributed by atoms with E-state index < -0.39 is 0 Å². The van der Waals surface area contributed by atoms with Crippen LogP contribution in [-0.2, 0) is 0 Å². The van der Waals surface area contributed by atoms with Crippen molar-refractivity contribution in [2.24, 2.45) is 5.73 Å². The standard InChI is InChI=1S/C5H10ClN/c1-2-3-5(6)4-7/h3H,2,4,7H2,1H3/b5-3-. The third-order valence-corrected chi connectivity index (χ3v) is 0.929. The van der Waals surface area contributed by atoms with Crippen LogP contribution in [0.3, 0.4) is 0 Å². The lowest BCUT2D eigenvalue weighted by Crippen LogP contribution is -1.97. The van der Waals surface area contributed by atoms with Gasteiger partial charge in [0.25, 0.3) is 0 Å². The lowest BCUT2D eigenvalue weighted by molar-refractivity contribution is 1.16. The van der Waals surface area contributed by atoms with E-state index in [1.165, 1.54) is 0 Å². The molecule has 0 aliphatic carbocycles. The summed E-state index contributed by atoms with van der Waals surface area (Å²) in [7, 11) is 0. The number of allylic oxidation sites excluding steroid dienone is 1. The fourth-order valence-electron chi connectivity index (χ4n) is 0.305. The van der Waals surface area contributed by atoms with E-state index in [1.807, 2.05) is 13.0 Å². The summed E-state index contributed by atoms with van der Waals surface area (Å²) in [4.78, 5) is 0. The smallest absolute Gasteiger partial charge is 0.0284 e. The van der Waals surface area contributed by atoms with E-state index in [-0.39, 0.29) is 0 Å². The van der Waals surface area contributed by atoms with Crippen molar-refractivity contribution in [3.63, 3.8) is 0 Å². The molecule has 0 aromatic carbocycles. The molecule has 0 fully saturated rings. The van der Waals surface area contributed by atoms with Gasteiger partial charge in [-0.1, -0.05) is 24.6 Å². The quantitative estimate of drug-likeness (QED) is 0.586. The van der Waals surface area contributed by atoms with E-state index in [0.717, 1.165) is 11.5 Å². The van der Waals surface area contributed by atoms with Gasteiger partial charge >= 0.3 is 0 Å².